The van der Waals surface area contributed by atoms with Crippen molar-refractivity contribution < 1.29 is 13.2 Å². The largest absolute Gasteiger partial charge is 0.408 e. The third-order valence-electron chi connectivity index (χ3n) is 1.73. The van der Waals surface area contributed by atoms with Gasteiger partial charge in [0.25, 0.3) is 0 Å². The van der Waals surface area contributed by atoms with Crippen molar-refractivity contribution >= 4 is 23.2 Å². The number of benzene rings is 1. The normalized spacial score (nSPS) is 13.3. The van der Waals surface area contributed by atoms with E-state index in [1.807, 2.05) is 0 Å². The summed E-state index contributed by atoms with van der Waals surface area (Å²) in [7, 11) is 0. The summed E-state index contributed by atoms with van der Waals surface area (Å²) in [6.45, 7) is 0. The first-order chi connectivity index (χ1) is 6.86. The van der Waals surface area contributed by atoms with E-state index >= 15 is 0 Å². The lowest BCUT2D eigenvalue weighted by atomic mass is 10.0. The van der Waals surface area contributed by atoms with Gasteiger partial charge in [-0.15, -0.1) is 0 Å². The van der Waals surface area contributed by atoms with Gasteiger partial charge < -0.3 is 0 Å². The molecule has 0 amide bonds. The standard InChI is InChI=1S/C9H4Cl2F3N/c10-7-2-1-5(3-8(7)11)6(4-15)9(12,13)14/h1-3,6H. The Balaban J connectivity index is 3.16. The zero-order chi connectivity index (χ0) is 11.6. The topological polar surface area (TPSA) is 23.8 Å². The van der Waals surface area contributed by atoms with Crippen LogP contribution in [0.4, 0.5) is 13.2 Å². The van der Waals surface area contributed by atoms with Crippen LogP contribution in [-0.4, -0.2) is 6.18 Å². The van der Waals surface area contributed by atoms with Crippen molar-refractivity contribution in [1.82, 2.24) is 0 Å². The Kier molecular flexibility index (Phi) is 3.48. The third-order valence-corrected chi connectivity index (χ3v) is 2.47. The summed E-state index contributed by atoms with van der Waals surface area (Å²) in [6, 6.07) is 4.59. The number of hydrogen-bond acceptors (Lipinski definition) is 1. The second-order valence-corrected chi connectivity index (χ2v) is 3.59. The van der Waals surface area contributed by atoms with E-state index in [4.69, 9.17) is 28.5 Å². The molecule has 1 aromatic rings. The molecule has 6 heteroatoms. The lowest BCUT2D eigenvalue weighted by molar-refractivity contribution is -0.137. The van der Waals surface area contributed by atoms with Crippen molar-refractivity contribution in [2.75, 3.05) is 0 Å². The maximum Gasteiger partial charge on any atom is 0.408 e. The summed E-state index contributed by atoms with van der Waals surface area (Å²) in [5.41, 5.74) is -0.209. The summed E-state index contributed by atoms with van der Waals surface area (Å²) in [5.74, 6) is -2.17. The van der Waals surface area contributed by atoms with Crippen LogP contribution in [0, 0.1) is 11.3 Å². The molecule has 80 valence electrons. The predicted molar refractivity (Wildman–Crippen MR) is 50.9 cm³/mol. The maximum absolute atomic E-state index is 12.3. The number of rotatable bonds is 1. The summed E-state index contributed by atoms with van der Waals surface area (Å²) >= 11 is 11.1. The van der Waals surface area contributed by atoms with Crippen molar-refractivity contribution in [3.8, 4) is 6.07 Å². The van der Waals surface area contributed by atoms with Gasteiger partial charge >= 0.3 is 6.18 Å². The van der Waals surface area contributed by atoms with E-state index in [-0.39, 0.29) is 15.6 Å². The fraction of sp³-hybridized carbons (Fsp3) is 0.222. The Morgan fingerprint density at radius 1 is 1.20 bits per heavy atom. The quantitative estimate of drug-likeness (QED) is 0.737. The van der Waals surface area contributed by atoms with E-state index in [9.17, 15) is 13.2 Å². The summed E-state index contributed by atoms with van der Waals surface area (Å²) in [5, 5.41) is 8.58. The lowest BCUT2D eigenvalue weighted by Crippen LogP contribution is -2.19. The molecule has 0 radical (unpaired) electrons. The summed E-state index contributed by atoms with van der Waals surface area (Å²) in [6.07, 6.45) is -4.61. The van der Waals surface area contributed by atoms with Crippen LogP contribution in [0.3, 0.4) is 0 Å². The highest BCUT2D eigenvalue weighted by atomic mass is 35.5. The van der Waals surface area contributed by atoms with Crippen LogP contribution in [-0.2, 0) is 0 Å². The SMILES string of the molecule is N#CC(c1ccc(Cl)c(Cl)c1)C(F)(F)F. The van der Waals surface area contributed by atoms with Crippen molar-refractivity contribution in [3.63, 3.8) is 0 Å². The average molecular weight is 254 g/mol. The molecule has 0 bridgehead atoms. The van der Waals surface area contributed by atoms with E-state index in [0.29, 0.717) is 0 Å². The van der Waals surface area contributed by atoms with Gasteiger partial charge in [-0.1, -0.05) is 29.3 Å². The van der Waals surface area contributed by atoms with Crippen molar-refractivity contribution in [3.05, 3.63) is 33.8 Å². The van der Waals surface area contributed by atoms with E-state index < -0.39 is 12.1 Å². The van der Waals surface area contributed by atoms with E-state index in [1.165, 1.54) is 12.1 Å². The maximum atomic E-state index is 12.3. The predicted octanol–water partition coefficient (Wildman–Crippen LogP) is 4.16. The van der Waals surface area contributed by atoms with Gasteiger partial charge in [-0.3, -0.25) is 0 Å². The van der Waals surface area contributed by atoms with Crippen LogP contribution >= 0.6 is 23.2 Å². The number of halogens is 5. The van der Waals surface area contributed by atoms with Crippen LogP contribution in [0.5, 0.6) is 0 Å². The van der Waals surface area contributed by atoms with Gasteiger partial charge in [-0.2, -0.15) is 18.4 Å². The molecule has 0 fully saturated rings. The smallest absolute Gasteiger partial charge is 0.197 e. The molecule has 0 aromatic heterocycles. The van der Waals surface area contributed by atoms with Crippen LogP contribution in [0.1, 0.15) is 11.5 Å². The van der Waals surface area contributed by atoms with E-state index in [0.717, 1.165) is 12.1 Å². The summed E-state index contributed by atoms with van der Waals surface area (Å²) in [4.78, 5) is 0. The van der Waals surface area contributed by atoms with Crippen LogP contribution < -0.4 is 0 Å². The first-order valence-electron chi connectivity index (χ1n) is 3.77. The average Bonchev–Trinajstić information content (AvgIpc) is 2.10. The number of hydrogen-bond donors (Lipinski definition) is 0. The molecule has 1 aromatic carbocycles. The minimum atomic E-state index is -4.61. The monoisotopic (exact) mass is 253 g/mol. The highest BCUT2D eigenvalue weighted by molar-refractivity contribution is 6.42. The second kappa shape index (κ2) is 4.30. The van der Waals surface area contributed by atoms with Crippen molar-refractivity contribution in [2.45, 2.75) is 12.1 Å². The molecule has 0 saturated carbocycles. The van der Waals surface area contributed by atoms with Gasteiger partial charge in [0.2, 0.25) is 0 Å². The Morgan fingerprint density at radius 2 is 1.80 bits per heavy atom. The number of alkyl halides is 3. The van der Waals surface area contributed by atoms with Gasteiger partial charge in [0, 0.05) is 0 Å². The second-order valence-electron chi connectivity index (χ2n) is 2.78. The van der Waals surface area contributed by atoms with Gasteiger partial charge in [0.05, 0.1) is 16.1 Å². The molecular weight excluding hydrogens is 250 g/mol. The first-order valence-corrected chi connectivity index (χ1v) is 4.53. The zero-order valence-corrected chi connectivity index (χ0v) is 8.66. The van der Waals surface area contributed by atoms with Gasteiger partial charge in [-0.05, 0) is 17.7 Å². The van der Waals surface area contributed by atoms with Gasteiger partial charge in [0.15, 0.2) is 5.92 Å². The van der Waals surface area contributed by atoms with Crippen LogP contribution in [0.15, 0.2) is 18.2 Å². The lowest BCUT2D eigenvalue weighted by Gasteiger charge is -2.13. The Labute approximate surface area is 94.0 Å². The molecule has 15 heavy (non-hydrogen) atoms. The molecule has 1 unspecified atom stereocenters. The summed E-state index contributed by atoms with van der Waals surface area (Å²) < 4.78 is 37.0. The molecule has 0 aliphatic carbocycles. The molecule has 0 saturated heterocycles. The van der Waals surface area contributed by atoms with Gasteiger partial charge in [-0.25, -0.2) is 0 Å². The molecule has 0 aliphatic rings. The fourth-order valence-corrected chi connectivity index (χ4v) is 1.34. The highest BCUT2D eigenvalue weighted by Gasteiger charge is 2.41. The minimum Gasteiger partial charge on any atom is -0.197 e. The fourth-order valence-electron chi connectivity index (χ4n) is 1.03. The zero-order valence-electron chi connectivity index (χ0n) is 7.15. The molecule has 0 aliphatic heterocycles. The number of nitriles is 1. The minimum absolute atomic E-state index is 0.00123. The van der Waals surface area contributed by atoms with Crippen molar-refractivity contribution in [2.24, 2.45) is 0 Å². The Morgan fingerprint density at radius 3 is 2.20 bits per heavy atom. The molecule has 0 heterocycles. The van der Waals surface area contributed by atoms with Crippen LogP contribution in [0.2, 0.25) is 10.0 Å². The van der Waals surface area contributed by atoms with Crippen molar-refractivity contribution in [1.29, 1.82) is 5.26 Å². The Bertz CT molecular complexity index is 409. The van der Waals surface area contributed by atoms with E-state index in [1.54, 1.807) is 0 Å². The molecule has 0 spiro atoms. The first kappa shape index (κ1) is 12.2. The van der Waals surface area contributed by atoms with Crippen LogP contribution in [0.25, 0.3) is 0 Å². The molecule has 1 rings (SSSR count). The van der Waals surface area contributed by atoms with E-state index in [2.05, 4.69) is 0 Å². The molecule has 1 nitrogen and oxygen atoms in total. The highest BCUT2D eigenvalue weighted by Crippen LogP contribution is 2.36. The molecule has 0 N–H and O–H groups in total. The molecular formula is C9H4Cl2F3N. The molecule has 1 atom stereocenters. The van der Waals surface area contributed by atoms with Gasteiger partial charge in [0.1, 0.15) is 0 Å². The third kappa shape index (κ3) is 2.77. The number of nitrogens with zero attached hydrogens (tertiary/aromatic N) is 1. The Hall–Kier alpha value is -0.920.